The van der Waals surface area contributed by atoms with Gasteiger partial charge in [0.05, 0.1) is 18.7 Å². The summed E-state index contributed by atoms with van der Waals surface area (Å²) in [5, 5.41) is 0.695. The molecule has 0 N–H and O–H groups in total. The van der Waals surface area contributed by atoms with Crippen molar-refractivity contribution in [2.45, 2.75) is 31.2 Å². The summed E-state index contributed by atoms with van der Waals surface area (Å²) >= 11 is 8.57. The fourth-order valence-corrected chi connectivity index (χ4v) is 4.66. The van der Waals surface area contributed by atoms with Crippen molar-refractivity contribution in [1.82, 2.24) is 9.97 Å². The van der Waals surface area contributed by atoms with Gasteiger partial charge in [0.2, 0.25) is 10.9 Å². The normalized spacial score (nSPS) is 14.9. The van der Waals surface area contributed by atoms with Crippen LogP contribution in [0.25, 0.3) is 10.9 Å². The van der Waals surface area contributed by atoms with Crippen molar-refractivity contribution in [2.24, 2.45) is 0 Å². The molecule has 3 aromatic carbocycles. The van der Waals surface area contributed by atoms with Crippen LogP contribution in [0, 0.1) is 3.57 Å². The van der Waals surface area contributed by atoms with Crippen molar-refractivity contribution in [3.63, 3.8) is 0 Å². The van der Waals surface area contributed by atoms with Crippen LogP contribution in [0.15, 0.2) is 72.8 Å². The molecule has 1 aliphatic rings. The minimum Gasteiger partial charge on any atom is -0.489 e. The van der Waals surface area contributed by atoms with Gasteiger partial charge >= 0.3 is 5.97 Å². The van der Waals surface area contributed by atoms with E-state index in [9.17, 15) is 4.79 Å². The summed E-state index contributed by atoms with van der Waals surface area (Å²) in [6, 6.07) is 22.9. The van der Waals surface area contributed by atoms with Gasteiger partial charge in [0.1, 0.15) is 18.1 Å². The van der Waals surface area contributed by atoms with Gasteiger partial charge in [0, 0.05) is 14.5 Å². The average Bonchev–Trinajstić information content (AvgIpc) is 3.70. The van der Waals surface area contributed by atoms with Gasteiger partial charge in [-0.15, -0.1) is 0 Å². The second-order valence-corrected chi connectivity index (χ2v) is 9.88. The second kappa shape index (κ2) is 10.1. The van der Waals surface area contributed by atoms with Gasteiger partial charge in [-0.2, -0.15) is 0 Å². The smallest absolute Gasteiger partial charge is 0.349 e. The summed E-state index contributed by atoms with van der Waals surface area (Å²) in [5.74, 6) is 0.0117. The quantitative estimate of drug-likeness (QED) is 0.139. The number of fused-ring (bicyclic) bond motifs is 1. The number of methoxy groups -OCH3 is 1. The first-order chi connectivity index (χ1) is 17.0. The number of nitrogens with zero attached hydrogens (tertiary/aromatic N) is 2. The van der Waals surface area contributed by atoms with E-state index in [2.05, 4.69) is 32.6 Å². The minimum absolute atomic E-state index is 0.0258. The van der Waals surface area contributed by atoms with Crippen molar-refractivity contribution < 1.29 is 19.0 Å². The highest BCUT2D eigenvalue weighted by atomic mass is 127. The Kier molecular flexibility index (Phi) is 6.91. The molecule has 178 valence electrons. The Hall–Kier alpha value is -2.75. The van der Waals surface area contributed by atoms with Crippen LogP contribution in [0.1, 0.15) is 29.7 Å². The van der Waals surface area contributed by atoms with Gasteiger partial charge in [0.15, 0.2) is 0 Å². The van der Waals surface area contributed by atoms with Crippen LogP contribution in [0.4, 0.5) is 0 Å². The summed E-state index contributed by atoms with van der Waals surface area (Å²) in [6.45, 7) is 0.388. The maximum absolute atomic E-state index is 13.6. The number of halogens is 2. The summed E-state index contributed by atoms with van der Waals surface area (Å²) in [6.07, 6.45) is 1.59. The van der Waals surface area contributed by atoms with Crippen LogP contribution in [-0.4, -0.2) is 29.2 Å². The van der Waals surface area contributed by atoms with Gasteiger partial charge in [0.25, 0.3) is 0 Å². The molecule has 8 heteroatoms. The minimum atomic E-state index is -1.64. The van der Waals surface area contributed by atoms with E-state index in [0.717, 1.165) is 22.0 Å². The number of esters is 1. The molecule has 0 saturated heterocycles. The van der Waals surface area contributed by atoms with E-state index in [1.54, 1.807) is 6.07 Å². The molecule has 5 rings (SSSR count). The monoisotopic (exact) mass is 600 g/mol. The second-order valence-electron chi connectivity index (χ2n) is 8.29. The van der Waals surface area contributed by atoms with Gasteiger partial charge in [-0.3, -0.25) is 0 Å². The van der Waals surface area contributed by atoms with Crippen molar-refractivity contribution in [3.05, 3.63) is 98.5 Å². The predicted molar refractivity (Wildman–Crippen MR) is 141 cm³/mol. The number of aromatic nitrogens is 2. The summed E-state index contributed by atoms with van der Waals surface area (Å²) < 4.78 is 18.9. The first-order valence-corrected chi connectivity index (χ1v) is 12.6. The Bertz CT molecular complexity index is 1380. The zero-order chi connectivity index (χ0) is 24.4. The van der Waals surface area contributed by atoms with E-state index in [4.69, 9.17) is 25.8 Å². The Morgan fingerprint density at radius 1 is 1.06 bits per heavy atom. The van der Waals surface area contributed by atoms with E-state index < -0.39 is 11.6 Å². The van der Waals surface area contributed by atoms with Crippen LogP contribution in [0.5, 0.6) is 5.75 Å². The molecular formula is C27H22ClIN2O4. The molecule has 0 amide bonds. The lowest BCUT2D eigenvalue weighted by atomic mass is 9.87. The van der Waals surface area contributed by atoms with Crippen molar-refractivity contribution >= 4 is 51.1 Å². The van der Waals surface area contributed by atoms with Crippen molar-refractivity contribution in [2.75, 3.05) is 7.11 Å². The summed E-state index contributed by atoms with van der Waals surface area (Å²) in [5.41, 5.74) is 0.915. The molecule has 6 nitrogen and oxygen atoms in total. The maximum Gasteiger partial charge on any atom is 0.349 e. The van der Waals surface area contributed by atoms with Crippen LogP contribution < -0.4 is 4.74 Å². The largest absolute Gasteiger partial charge is 0.489 e. The average molecular weight is 601 g/mol. The molecular weight excluding hydrogens is 579 g/mol. The molecule has 0 aliphatic heterocycles. The first kappa shape index (κ1) is 24.0. The van der Waals surface area contributed by atoms with Gasteiger partial charge in [-0.05, 0) is 82.9 Å². The molecule has 1 heterocycles. The number of ether oxygens (including phenoxy) is 3. The highest BCUT2D eigenvalue weighted by molar-refractivity contribution is 14.1. The highest BCUT2D eigenvalue weighted by Gasteiger charge is 2.51. The summed E-state index contributed by atoms with van der Waals surface area (Å²) in [7, 11) is 1.35. The number of benzene rings is 3. The Morgan fingerprint density at radius 2 is 1.86 bits per heavy atom. The number of carbonyl (C=O) groups excluding carboxylic acids is 1. The van der Waals surface area contributed by atoms with Gasteiger partial charge in [-0.1, -0.05) is 42.5 Å². The number of hydrogen-bond donors (Lipinski definition) is 0. The topological polar surface area (TPSA) is 70.5 Å². The molecule has 1 aliphatic carbocycles. The Labute approximate surface area is 221 Å². The fraction of sp³-hybridized carbons (Fsp3) is 0.222. The number of carbonyl (C=O) groups is 1. The van der Waals surface area contributed by atoms with E-state index in [0.29, 0.717) is 34.5 Å². The third-order valence-corrected chi connectivity index (χ3v) is 6.63. The Morgan fingerprint density at radius 3 is 2.60 bits per heavy atom. The zero-order valence-corrected chi connectivity index (χ0v) is 21.8. The lowest BCUT2D eigenvalue weighted by Gasteiger charge is -2.32. The van der Waals surface area contributed by atoms with Crippen LogP contribution in [-0.2, 0) is 26.5 Å². The molecule has 0 spiro atoms. The van der Waals surface area contributed by atoms with Gasteiger partial charge < -0.3 is 14.2 Å². The van der Waals surface area contributed by atoms with Crippen LogP contribution in [0.2, 0.25) is 5.28 Å². The van der Waals surface area contributed by atoms with Crippen molar-refractivity contribution in [1.29, 1.82) is 0 Å². The number of rotatable bonds is 8. The van der Waals surface area contributed by atoms with E-state index in [-0.39, 0.29) is 11.4 Å². The molecule has 4 aromatic rings. The molecule has 1 unspecified atom stereocenters. The first-order valence-electron chi connectivity index (χ1n) is 11.2. The third-order valence-electron chi connectivity index (χ3n) is 5.79. The molecule has 1 saturated carbocycles. The molecule has 1 fully saturated rings. The van der Waals surface area contributed by atoms with Crippen LogP contribution >= 0.6 is 34.2 Å². The maximum atomic E-state index is 13.6. The van der Waals surface area contributed by atoms with Crippen molar-refractivity contribution in [3.8, 4) is 5.75 Å². The zero-order valence-electron chi connectivity index (χ0n) is 18.9. The lowest BCUT2D eigenvalue weighted by Crippen LogP contribution is -2.43. The molecule has 0 bridgehead atoms. The third kappa shape index (κ3) is 4.98. The predicted octanol–water partition coefficient (Wildman–Crippen LogP) is 6.06. The van der Waals surface area contributed by atoms with Crippen LogP contribution in [0.3, 0.4) is 0 Å². The molecule has 1 aromatic heterocycles. The SMILES string of the molecule is COC(=O)C(OC1CC1)(c1cccc(OCc2ccccc2)c1)c1nc(Cl)nc2ccc(I)cc12. The van der Waals surface area contributed by atoms with Gasteiger partial charge in [-0.25, -0.2) is 14.8 Å². The van der Waals surface area contributed by atoms with E-state index >= 15 is 0 Å². The summed E-state index contributed by atoms with van der Waals surface area (Å²) in [4.78, 5) is 22.5. The highest BCUT2D eigenvalue weighted by Crippen LogP contribution is 2.44. The Balaban J connectivity index is 1.67. The fourth-order valence-electron chi connectivity index (χ4n) is 3.99. The molecule has 35 heavy (non-hydrogen) atoms. The molecule has 1 atom stereocenters. The van der Waals surface area contributed by atoms with E-state index in [1.165, 1.54) is 7.11 Å². The van der Waals surface area contributed by atoms with E-state index in [1.807, 2.05) is 66.7 Å². The molecule has 0 radical (unpaired) electrons. The lowest BCUT2D eigenvalue weighted by molar-refractivity contribution is -0.167. The number of hydrogen-bond acceptors (Lipinski definition) is 6. The standard InChI is InChI=1S/C27H22ClIN2O4/c1-33-25(32)27(35-20-11-12-20,24-22-15-19(29)10-13-23(22)30-26(28)31-24)18-8-5-9-21(14-18)34-16-17-6-3-2-4-7-17/h2-10,13-15,20H,11-12,16H2,1H3.